The third-order valence-electron chi connectivity index (χ3n) is 7.93. The molecule has 1 aliphatic rings. The monoisotopic (exact) mass is 589 g/mol. The molecular weight excluding hydrogens is 554 g/mol. The van der Waals surface area contributed by atoms with Crippen molar-refractivity contribution < 1.29 is 38.4 Å². The van der Waals surface area contributed by atoms with E-state index in [1.165, 1.54) is 7.11 Å². The van der Waals surface area contributed by atoms with Crippen LogP contribution >= 0.6 is 0 Å². The maximum absolute atomic E-state index is 14.2. The number of benzene rings is 3. The number of methoxy groups -OCH3 is 1. The van der Waals surface area contributed by atoms with E-state index in [4.69, 9.17) is 24.1 Å². The number of carbonyl (C=O) groups is 3. The lowest BCUT2D eigenvalue weighted by Gasteiger charge is -2.44. The number of aromatic nitrogens is 1. The second-order valence-electron chi connectivity index (χ2n) is 11.3. The van der Waals surface area contributed by atoms with Crippen molar-refractivity contribution in [1.82, 2.24) is 4.57 Å². The second-order valence-corrected chi connectivity index (χ2v) is 11.3. The minimum atomic E-state index is -1.20. The van der Waals surface area contributed by atoms with Crippen molar-refractivity contribution in [2.75, 3.05) is 7.11 Å². The van der Waals surface area contributed by atoms with Crippen LogP contribution in [0.5, 0.6) is 11.5 Å². The number of esters is 2. The number of aliphatic carboxylic acids is 1. The fourth-order valence-electron chi connectivity index (χ4n) is 5.78. The number of carboxylic acids is 1. The molecule has 0 aliphatic carbocycles. The van der Waals surface area contributed by atoms with Gasteiger partial charge in [0.25, 0.3) is 0 Å². The maximum atomic E-state index is 14.2. The van der Waals surface area contributed by atoms with Crippen LogP contribution < -0.4 is 14.9 Å². The number of aryl methyl sites for hydroxylation is 1. The molecule has 4 aromatic rings. The van der Waals surface area contributed by atoms with Gasteiger partial charge in [-0.2, -0.15) is 0 Å². The molecule has 0 spiro atoms. The number of fused-ring (bicyclic) bond motifs is 5. The molecule has 0 unspecified atom stereocenters. The zero-order valence-corrected chi connectivity index (χ0v) is 24.9. The number of carboxylic acid groups (broad SMARTS) is 1. The highest BCUT2D eigenvalue weighted by Crippen LogP contribution is 2.49. The van der Waals surface area contributed by atoms with Crippen molar-refractivity contribution >= 4 is 50.5 Å². The van der Waals surface area contributed by atoms with Gasteiger partial charge in [-0.05, 0) is 43.2 Å². The Balaban J connectivity index is 1.81. The summed E-state index contributed by atoms with van der Waals surface area (Å²) in [5.74, 6) is -1.81. The van der Waals surface area contributed by atoms with Crippen LogP contribution in [-0.4, -0.2) is 46.4 Å². The fraction of sp³-hybridized carbons (Fsp3) is 0.394. The molecule has 1 N–H and O–H groups in total. The molecule has 43 heavy (non-hydrogen) atoms. The van der Waals surface area contributed by atoms with E-state index in [9.17, 15) is 19.2 Å². The Morgan fingerprint density at radius 3 is 2.33 bits per heavy atom. The van der Waals surface area contributed by atoms with Gasteiger partial charge in [-0.25, -0.2) is 0 Å². The molecule has 226 valence electrons. The summed E-state index contributed by atoms with van der Waals surface area (Å²) in [5.41, 5.74) is -0.0539. The molecule has 2 heterocycles. The minimum Gasteiger partial charge on any atom is -0.496 e. The number of carbonyl (C=O) groups excluding carboxylic acids is 2. The molecule has 0 bridgehead atoms. The summed E-state index contributed by atoms with van der Waals surface area (Å²) in [6, 6.07) is 13.1. The minimum absolute atomic E-state index is 0.144. The highest BCUT2D eigenvalue weighted by molar-refractivity contribution is 6.04. The molecule has 0 fully saturated rings. The second kappa shape index (κ2) is 11.6. The van der Waals surface area contributed by atoms with Gasteiger partial charge in [0.1, 0.15) is 17.1 Å². The normalized spacial score (nSPS) is 17.3. The van der Waals surface area contributed by atoms with Gasteiger partial charge in [-0.1, -0.05) is 37.6 Å². The number of hydrogen-bond acceptors (Lipinski definition) is 8. The lowest BCUT2D eigenvalue weighted by Crippen LogP contribution is -2.52. The topological polar surface area (TPSA) is 130 Å². The first-order chi connectivity index (χ1) is 20.5. The van der Waals surface area contributed by atoms with Crippen LogP contribution in [0.25, 0.3) is 32.6 Å². The van der Waals surface area contributed by atoms with Gasteiger partial charge >= 0.3 is 17.9 Å². The molecule has 10 nitrogen and oxygen atoms in total. The summed E-state index contributed by atoms with van der Waals surface area (Å²) in [6.07, 6.45) is -1.58. The van der Waals surface area contributed by atoms with Crippen LogP contribution in [0.4, 0.5) is 0 Å². The van der Waals surface area contributed by atoms with E-state index in [-0.39, 0.29) is 29.4 Å². The zero-order chi connectivity index (χ0) is 31.1. The van der Waals surface area contributed by atoms with E-state index in [0.717, 1.165) is 17.2 Å². The molecule has 0 amide bonds. The lowest BCUT2D eigenvalue weighted by molar-refractivity contribution is -0.190. The molecule has 3 aromatic carbocycles. The summed E-state index contributed by atoms with van der Waals surface area (Å²) in [7, 11) is 3.27. The van der Waals surface area contributed by atoms with Crippen molar-refractivity contribution in [3.63, 3.8) is 0 Å². The van der Waals surface area contributed by atoms with Crippen molar-refractivity contribution in [2.45, 2.75) is 70.7 Å². The first-order valence-electron chi connectivity index (χ1n) is 14.3. The van der Waals surface area contributed by atoms with E-state index in [1.54, 1.807) is 19.9 Å². The van der Waals surface area contributed by atoms with Crippen LogP contribution in [0.2, 0.25) is 0 Å². The molecule has 0 radical (unpaired) electrons. The zero-order valence-electron chi connectivity index (χ0n) is 24.9. The number of hydrogen-bond donors (Lipinski definition) is 1. The molecule has 5 rings (SSSR count). The Morgan fingerprint density at radius 2 is 1.67 bits per heavy atom. The predicted molar refractivity (Wildman–Crippen MR) is 161 cm³/mol. The first-order valence-corrected chi connectivity index (χ1v) is 14.3. The maximum Gasteiger partial charge on any atom is 0.306 e. The smallest absolute Gasteiger partial charge is 0.306 e. The van der Waals surface area contributed by atoms with E-state index in [2.05, 4.69) is 0 Å². The Hall–Kier alpha value is -4.60. The highest BCUT2D eigenvalue weighted by atomic mass is 16.6. The van der Waals surface area contributed by atoms with Gasteiger partial charge in [0.2, 0.25) is 5.43 Å². The van der Waals surface area contributed by atoms with Crippen molar-refractivity contribution in [3.05, 3.63) is 58.3 Å². The van der Waals surface area contributed by atoms with E-state index in [1.807, 2.05) is 54.9 Å². The molecule has 0 saturated carbocycles. The Bertz CT molecular complexity index is 1820. The van der Waals surface area contributed by atoms with Gasteiger partial charge in [0.05, 0.1) is 41.9 Å². The van der Waals surface area contributed by atoms with Gasteiger partial charge in [0.15, 0.2) is 12.2 Å². The number of rotatable bonds is 9. The quantitative estimate of drug-likeness (QED) is 0.196. The fourth-order valence-corrected chi connectivity index (χ4v) is 5.78. The molecule has 1 aromatic heterocycles. The average molecular weight is 590 g/mol. The third kappa shape index (κ3) is 5.49. The highest BCUT2D eigenvalue weighted by Gasteiger charge is 2.50. The van der Waals surface area contributed by atoms with E-state index < -0.39 is 42.1 Å². The van der Waals surface area contributed by atoms with E-state index >= 15 is 0 Å². The van der Waals surface area contributed by atoms with Gasteiger partial charge < -0.3 is 28.6 Å². The third-order valence-corrected chi connectivity index (χ3v) is 7.93. The lowest BCUT2D eigenvalue weighted by atomic mass is 9.86. The molecule has 1 aliphatic heterocycles. The number of unbranched alkanes of at least 4 members (excludes halogenated alkanes) is 1. The Labute approximate surface area is 248 Å². The van der Waals surface area contributed by atoms with Crippen molar-refractivity contribution in [3.8, 4) is 11.5 Å². The van der Waals surface area contributed by atoms with Crippen LogP contribution in [0.3, 0.4) is 0 Å². The van der Waals surface area contributed by atoms with Crippen LogP contribution in [0.15, 0.2) is 47.3 Å². The standard InChI is InChI=1S/C33H35NO9/c1-6-7-12-25(37)41-31-28-23(43-33(2,3)32(31)42-26(38)14-13-24(35)36)17-22(40-5)27-29(28)34(4)21-16-19-11-9-8-10-18(19)15-20(21)30(27)39/h8-11,15-17,31-32H,6-7,12-14H2,1-5H3,(H,35,36)/t31-,32-/m0/s1. The van der Waals surface area contributed by atoms with Crippen LogP contribution in [-0.2, 0) is 30.9 Å². The number of nitrogens with zero attached hydrogens (tertiary/aromatic N) is 1. The molecule has 0 saturated heterocycles. The SMILES string of the molecule is CCCCC(=O)O[C@H]1c2c(cc(OC)c3c(=O)c4cc5ccccc5cc4n(C)c23)OC(C)(C)[C@H]1OC(=O)CCC(=O)O. The van der Waals surface area contributed by atoms with Crippen LogP contribution in [0.1, 0.15) is 64.5 Å². The van der Waals surface area contributed by atoms with Crippen molar-refractivity contribution in [2.24, 2.45) is 7.05 Å². The van der Waals surface area contributed by atoms with Crippen LogP contribution in [0, 0.1) is 0 Å². The average Bonchev–Trinajstić information content (AvgIpc) is 2.97. The van der Waals surface area contributed by atoms with Gasteiger partial charge in [-0.15, -0.1) is 0 Å². The van der Waals surface area contributed by atoms with Gasteiger partial charge in [-0.3, -0.25) is 19.2 Å². The summed E-state index contributed by atoms with van der Waals surface area (Å²) in [6.45, 7) is 5.35. The first kappa shape index (κ1) is 29.9. The summed E-state index contributed by atoms with van der Waals surface area (Å²) in [4.78, 5) is 51.3. The molecular formula is C33H35NO9. The summed E-state index contributed by atoms with van der Waals surface area (Å²) in [5, 5.41) is 11.7. The molecule has 10 heteroatoms. The van der Waals surface area contributed by atoms with Crippen molar-refractivity contribution in [1.29, 1.82) is 0 Å². The number of ether oxygens (including phenoxy) is 4. The van der Waals surface area contributed by atoms with Gasteiger partial charge in [0, 0.05) is 24.9 Å². The summed E-state index contributed by atoms with van der Waals surface area (Å²) < 4.78 is 25.9. The van der Waals surface area contributed by atoms with E-state index in [0.29, 0.717) is 34.2 Å². The largest absolute Gasteiger partial charge is 0.496 e. The predicted octanol–water partition coefficient (Wildman–Crippen LogP) is 5.58. The Kier molecular flexibility index (Phi) is 8.05. The Morgan fingerprint density at radius 1 is 1.00 bits per heavy atom. The summed E-state index contributed by atoms with van der Waals surface area (Å²) >= 11 is 0. The number of pyridine rings is 1. The molecule has 2 atom stereocenters.